The monoisotopic (exact) mass is 230 g/mol. The highest BCUT2D eigenvalue weighted by atomic mass is 16.3. The van der Waals surface area contributed by atoms with Gasteiger partial charge in [0.1, 0.15) is 0 Å². The summed E-state index contributed by atoms with van der Waals surface area (Å²) in [6.07, 6.45) is 4.63. The summed E-state index contributed by atoms with van der Waals surface area (Å²) in [4.78, 5) is 0. The maximum atomic E-state index is 8.99. The molecule has 0 aliphatic rings. The summed E-state index contributed by atoms with van der Waals surface area (Å²) in [7, 11) is 0. The minimum Gasteiger partial charge on any atom is -0.392 e. The van der Waals surface area contributed by atoms with Gasteiger partial charge < -0.3 is 5.11 Å². The number of aromatic nitrogens is 2. The van der Waals surface area contributed by atoms with Crippen LogP contribution in [0.4, 0.5) is 0 Å². The Balaban J connectivity index is 2.17. The van der Waals surface area contributed by atoms with Gasteiger partial charge in [0.25, 0.3) is 0 Å². The Labute approximate surface area is 102 Å². The lowest BCUT2D eigenvalue weighted by Gasteiger charge is -2.06. The van der Waals surface area contributed by atoms with Crippen LogP contribution in [-0.4, -0.2) is 14.9 Å². The second-order valence-electron chi connectivity index (χ2n) is 4.72. The normalized spacial score (nSPS) is 11.1. The van der Waals surface area contributed by atoms with Crippen LogP contribution in [0.15, 0.2) is 36.7 Å². The van der Waals surface area contributed by atoms with Crippen molar-refractivity contribution in [3.05, 3.63) is 47.8 Å². The fourth-order valence-corrected chi connectivity index (χ4v) is 1.84. The lowest BCUT2D eigenvalue weighted by Crippen LogP contribution is -1.97. The molecule has 1 aromatic carbocycles. The molecule has 0 unspecified atom stereocenters. The quantitative estimate of drug-likeness (QED) is 0.876. The Morgan fingerprint density at radius 1 is 1.18 bits per heavy atom. The number of hydrogen-bond acceptors (Lipinski definition) is 2. The summed E-state index contributed by atoms with van der Waals surface area (Å²) < 4.78 is 1.78. The molecule has 0 saturated heterocycles. The van der Waals surface area contributed by atoms with Crippen molar-refractivity contribution in [2.24, 2.45) is 5.92 Å². The zero-order valence-electron chi connectivity index (χ0n) is 10.3. The van der Waals surface area contributed by atoms with Crippen LogP contribution < -0.4 is 0 Å². The second kappa shape index (κ2) is 5.15. The van der Waals surface area contributed by atoms with Crippen LogP contribution >= 0.6 is 0 Å². The molecule has 1 aromatic heterocycles. The molecule has 0 aliphatic heterocycles. The van der Waals surface area contributed by atoms with E-state index in [9.17, 15) is 0 Å². The zero-order chi connectivity index (χ0) is 12.3. The van der Waals surface area contributed by atoms with E-state index in [1.807, 2.05) is 6.20 Å². The van der Waals surface area contributed by atoms with Crippen molar-refractivity contribution in [1.29, 1.82) is 0 Å². The number of aliphatic hydroxyl groups excluding tert-OH is 1. The second-order valence-corrected chi connectivity index (χ2v) is 4.72. The van der Waals surface area contributed by atoms with Crippen LogP contribution in [0.2, 0.25) is 0 Å². The van der Waals surface area contributed by atoms with Crippen molar-refractivity contribution in [2.45, 2.75) is 26.9 Å². The smallest absolute Gasteiger partial charge is 0.0712 e. The molecular weight excluding hydrogens is 212 g/mol. The highest BCUT2D eigenvalue weighted by Crippen LogP contribution is 2.13. The standard InChI is InChI=1S/C14H18N2O/c1-11(2)7-12-3-5-14(6-4-12)16-9-13(10-17)8-15-16/h3-6,8-9,11,17H,7,10H2,1-2H3. The molecule has 1 N–H and O–H groups in total. The molecule has 90 valence electrons. The third kappa shape index (κ3) is 2.94. The van der Waals surface area contributed by atoms with Crippen molar-refractivity contribution in [2.75, 3.05) is 0 Å². The summed E-state index contributed by atoms with van der Waals surface area (Å²) in [6.45, 7) is 4.47. The van der Waals surface area contributed by atoms with Gasteiger partial charge in [0, 0.05) is 11.8 Å². The van der Waals surface area contributed by atoms with E-state index in [1.54, 1.807) is 10.9 Å². The van der Waals surface area contributed by atoms with E-state index in [1.165, 1.54) is 5.56 Å². The summed E-state index contributed by atoms with van der Waals surface area (Å²) >= 11 is 0. The fourth-order valence-electron chi connectivity index (χ4n) is 1.84. The van der Waals surface area contributed by atoms with E-state index in [0.29, 0.717) is 5.92 Å². The Morgan fingerprint density at radius 3 is 2.41 bits per heavy atom. The van der Waals surface area contributed by atoms with Crippen molar-refractivity contribution in [3.63, 3.8) is 0 Å². The Kier molecular flexibility index (Phi) is 3.59. The Morgan fingerprint density at radius 2 is 1.88 bits per heavy atom. The van der Waals surface area contributed by atoms with E-state index in [4.69, 9.17) is 5.11 Å². The minimum absolute atomic E-state index is 0.0332. The largest absolute Gasteiger partial charge is 0.392 e. The number of hydrogen-bond donors (Lipinski definition) is 1. The molecule has 0 saturated carbocycles. The van der Waals surface area contributed by atoms with Gasteiger partial charge >= 0.3 is 0 Å². The van der Waals surface area contributed by atoms with Crippen LogP contribution in [0.5, 0.6) is 0 Å². The third-order valence-electron chi connectivity index (χ3n) is 2.66. The molecular formula is C14H18N2O. The van der Waals surface area contributed by atoms with Crippen LogP contribution in [0, 0.1) is 5.92 Å². The van der Waals surface area contributed by atoms with Crippen LogP contribution in [0.1, 0.15) is 25.0 Å². The molecule has 3 heteroatoms. The Hall–Kier alpha value is -1.61. The lowest BCUT2D eigenvalue weighted by molar-refractivity contribution is 0.282. The van der Waals surface area contributed by atoms with Crippen LogP contribution in [-0.2, 0) is 13.0 Å². The third-order valence-corrected chi connectivity index (χ3v) is 2.66. The fraction of sp³-hybridized carbons (Fsp3) is 0.357. The average Bonchev–Trinajstić information content (AvgIpc) is 2.78. The SMILES string of the molecule is CC(C)Cc1ccc(-n2cc(CO)cn2)cc1. The summed E-state index contributed by atoms with van der Waals surface area (Å²) in [5.74, 6) is 0.673. The van der Waals surface area contributed by atoms with Gasteiger partial charge in [-0.25, -0.2) is 4.68 Å². The molecule has 0 amide bonds. The molecule has 1 heterocycles. The van der Waals surface area contributed by atoms with Gasteiger partial charge in [-0.05, 0) is 30.0 Å². The highest BCUT2D eigenvalue weighted by Gasteiger charge is 2.01. The van der Waals surface area contributed by atoms with Gasteiger partial charge in [-0.2, -0.15) is 5.10 Å². The summed E-state index contributed by atoms with van der Waals surface area (Å²) in [5.41, 5.74) is 3.20. The number of rotatable bonds is 4. The van der Waals surface area contributed by atoms with Crippen molar-refractivity contribution >= 4 is 0 Å². The van der Waals surface area contributed by atoms with Crippen LogP contribution in [0.25, 0.3) is 5.69 Å². The molecule has 2 aromatic rings. The van der Waals surface area contributed by atoms with Gasteiger partial charge in [-0.15, -0.1) is 0 Å². The predicted molar refractivity (Wildman–Crippen MR) is 68.0 cm³/mol. The number of benzene rings is 1. The van der Waals surface area contributed by atoms with Crippen molar-refractivity contribution in [1.82, 2.24) is 9.78 Å². The molecule has 0 fully saturated rings. The first-order valence-corrected chi connectivity index (χ1v) is 5.93. The molecule has 0 aliphatic carbocycles. The van der Waals surface area contributed by atoms with Gasteiger partial charge in [0.2, 0.25) is 0 Å². The van der Waals surface area contributed by atoms with E-state index in [0.717, 1.165) is 17.7 Å². The first kappa shape index (κ1) is 11.9. The lowest BCUT2D eigenvalue weighted by atomic mass is 10.0. The van der Waals surface area contributed by atoms with Gasteiger partial charge in [0.15, 0.2) is 0 Å². The topological polar surface area (TPSA) is 38.0 Å². The van der Waals surface area contributed by atoms with Gasteiger partial charge in [0.05, 0.1) is 18.5 Å². The minimum atomic E-state index is 0.0332. The maximum Gasteiger partial charge on any atom is 0.0712 e. The molecule has 0 spiro atoms. The molecule has 2 rings (SSSR count). The van der Waals surface area contributed by atoms with Crippen LogP contribution in [0.3, 0.4) is 0 Å². The zero-order valence-corrected chi connectivity index (χ0v) is 10.3. The van der Waals surface area contributed by atoms with Gasteiger partial charge in [-0.3, -0.25) is 0 Å². The molecule has 3 nitrogen and oxygen atoms in total. The van der Waals surface area contributed by atoms with E-state index in [2.05, 4.69) is 43.2 Å². The maximum absolute atomic E-state index is 8.99. The van der Waals surface area contributed by atoms with Gasteiger partial charge in [-0.1, -0.05) is 26.0 Å². The first-order chi connectivity index (χ1) is 8.19. The number of nitrogens with zero attached hydrogens (tertiary/aromatic N) is 2. The van der Waals surface area contributed by atoms with E-state index < -0.39 is 0 Å². The number of aliphatic hydroxyl groups is 1. The van der Waals surface area contributed by atoms with Crippen molar-refractivity contribution in [3.8, 4) is 5.69 Å². The molecule has 0 atom stereocenters. The first-order valence-electron chi connectivity index (χ1n) is 5.93. The molecule has 0 radical (unpaired) electrons. The Bertz CT molecular complexity index is 471. The highest BCUT2D eigenvalue weighted by molar-refractivity contribution is 5.34. The van der Waals surface area contributed by atoms with E-state index in [-0.39, 0.29) is 6.61 Å². The summed E-state index contributed by atoms with van der Waals surface area (Å²) in [6, 6.07) is 8.39. The summed E-state index contributed by atoms with van der Waals surface area (Å²) in [5, 5.41) is 13.2. The molecule has 0 bridgehead atoms. The van der Waals surface area contributed by atoms with Crippen molar-refractivity contribution < 1.29 is 5.11 Å². The van der Waals surface area contributed by atoms with E-state index >= 15 is 0 Å². The molecule has 17 heavy (non-hydrogen) atoms. The predicted octanol–water partition coefficient (Wildman–Crippen LogP) is 2.56. The average molecular weight is 230 g/mol.